The molecule has 0 aliphatic rings. The molecular formula is C28H59N3O2. The fraction of sp³-hybridized carbons (Fsp3) is 0.964. The monoisotopic (exact) mass is 469 g/mol. The highest BCUT2D eigenvalue weighted by Crippen LogP contribution is 2.12. The van der Waals surface area contributed by atoms with Crippen molar-refractivity contribution in [3.8, 4) is 0 Å². The molecule has 5 heteroatoms. The predicted molar refractivity (Wildman–Crippen MR) is 144 cm³/mol. The number of rotatable bonds is 27. The molecule has 0 aliphatic heterocycles. The van der Waals surface area contributed by atoms with E-state index in [4.69, 9.17) is 5.11 Å². The number of nitrogens with one attached hydrogen (secondary N) is 2. The molecule has 0 aromatic carbocycles. The minimum absolute atomic E-state index is 0.190. The van der Waals surface area contributed by atoms with Gasteiger partial charge in [0, 0.05) is 32.6 Å². The largest absolute Gasteiger partial charge is 0.395 e. The van der Waals surface area contributed by atoms with Gasteiger partial charge in [-0.05, 0) is 32.4 Å². The molecule has 0 aliphatic carbocycles. The lowest BCUT2D eigenvalue weighted by atomic mass is 10.1. The molecule has 0 rings (SSSR count). The van der Waals surface area contributed by atoms with Crippen LogP contribution in [0.1, 0.15) is 129 Å². The van der Waals surface area contributed by atoms with E-state index in [1.165, 1.54) is 89.9 Å². The van der Waals surface area contributed by atoms with Gasteiger partial charge in [-0.15, -0.1) is 0 Å². The molecule has 0 spiro atoms. The smallest absolute Gasteiger partial charge is 0.223 e. The minimum atomic E-state index is 0.190. The minimum Gasteiger partial charge on any atom is -0.395 e. The molecule has 5 nitrogen and oxygen atoms in total. The van der Waals surface area contributed by atoms with E-state index in [2.05, 4.69) is 29.4 Å². The van der Waals surface area contributed by atoms with Crippen LogP contribution >= 0.6 is 0 Å². The second-order valence-corrected chi connectivity index (χ2v) is 9.66. The van der Waals surface area contributed by atoms with Gasteiger partial charge in [-0.1, -0.05) is 104 Å². The molecule has 0 heterocycles. The highest BCUT2D eigenvalue weighted by molar-refractivity contribution is 5.76. The van der Waals surface area contributed by atoms with Gasteiger partial charge >= 0.3 is 0 Å². The standard InChI is InChI=1S/C28H59N3O2/c1-3-5-7-9-11-13-15-17-25-31(26-18-16-14-12-10-8-6-4-2)28(33)20-23-29-21-19-22-30-24-27-32/h29-30,32H,3-27H2,1-2H3. The van der Waals surface area contributed by atoms with E-state index in [1.807, 2.05) is 0 Å². The van der Waals surface area contributed by atoms with E-state index in [0.29, 0.717) is 18.9 Å². The first-order valence-corrected chi connectivity index (χ1v) is 14.6. The number of hydrogen-bond donors (Lipinski definition) is 3. The van der Waals surface area contributed by atoms with Gasteiger partial charge in [0.15, 0.2) is 0 Å². The summed E-state index contributed by atoms with van der Waals surface area (Å²) in [6, 6.07) is 0. The highest BCUT2D eigenvalue weighted by atomic mass is 16.3. The molecule has 0 aromatic rings. The zero-order valence-electron chi connectivity index (χ0n) is 22.5. The lowest BCUT2D eigenvalue weighted by Gasteiger charge is -2.23. The fourth-order valence-corrected chi connectivity index (χ4v) is 4.26. The van der Waals surface area contributed by atoms with Crippen LogP contribution in [0, 0.1) is 0 Å². The van der Waals surface area contributed by atoms with E-state index in [9.17, 15) is 4.79 Å². The van der Waals surface area contributed by atoms with Crippen molar-refractivity contribution in [2.45, 2.75) is 129 Å². The topological polar surface area (TPSA) is 64.6 Å². The van der Waals surface area contributed by atoms with Gasteiger partial charge in [-0.3, -0.25) is 4.79 Å². The number of unbranched alkanes of at least 4 members (excludes halogenated alkanes) is 14. The molecule has 1 amide bonds. The molecule has 0 fully saturated rings. The number of amides is 1. The molecule has 0 aromatic heterocycles. The van der Waals surface area contributed by atoms with Crippen LogP contribution in [0.5, 0.6) is 0 Å². The van der Waals surface area contributed by atoms with Gasteiger partial charge in [-0.25, -0.2) is 0 Å². The van der Waals surface area contributed by atoms with Crippen LogP contribution in [-0.2, 0) is 4.79 Å². The Balaban J connectivity index is 4.04. The quantitative estimate of drug-likeness (QED) is 0.128. The zero-order valence-corrected chi connectivity index (χ0v) is 22.5. The third-order valence-electron chi connectivity index (χ3n) is 6.43. The van der Waals surface area contributed by atoms with Gasteiger partial charge in [0.05, 0.1) is 6.61 Å². The van der Waals surface area contributed by atoms with Gasteiger partial charge in [0.2, 0.25) is 5.91 Å². The van der Waals surface area contributed by atoms with Crippen molar-refractivity contribution in [1.29, 1.82) is 0 Å². The number of carbonyl (C=O) groups is 1. The summed E-state index contributed by atoms with van der Waals surface area (Å²) < 4.78 is 0. The molecule has 0 unspecified atom stereocenters. The van der Waals surface area contributed by atoms with E-state index < -0.39 is 0 Å². The average molecular weight is 470 g/mol. The van der Waals surface area contributed by atoms with Crippen molar-refractivity contribution in [2.75, 3.05) is 45.9 Å². The summed E-state index contributed by atoms with van der Waals surface area (Å²) in [6.45, 7) is 9.86. The Bertz CT molecular complexity index is 373. The molecule has 33 heavy (non-hydrogen) atoms. The Morgan fingerprint density at radius 2 is 1.00 bits per heavy atom. The number of hydrogen-bond acceptors (Lipinski definition) is 4. The Hall–Kier alpha value is -0.650. The lowest BCUT2D eigenvalue weighted by Crippen LogP contribution is -2.35. The van der Waals surface area contributed by atoms with Crippen LogP contribution in [0.2, 0.25) is 0 Å². The number of aliphatic hydroxyl groups is 1. The van der Waals surface area contributed by atoms with Crippen LogP contribution in [0.25, 0.3) is 0 Å². The SMILES string of the molecule is CCCCCCCCCCN(CCCCCCCCCC)C(=O)CCNCCCNCCO. The second kappa shape index (κ2) is 27.6. The van der Waals surface area contributed by atoms with Crippen molar-refractivity contribution >= 4 is 5.91 Å². The van der Waals surface area contributed by atoms with Crippen LogP contribution in [-0.4, -0.2) is 61.8 Å². The molecule has 0 saturated heterocycles. The predicted octanol–water partition coefficient (Wildman–Crippen LogP) is 6.05. The maximum absolute atomic E-state index is 12.8. The van der Waals surface area contributed by atoms with E-state index in [1.54, 1.807) is 0 Å². The van der Waals surface area contributed by atoms with E-state index in [0.717, 1.165) is 52.0 Å². The summed E-state index contributed by atoms with van der Waals surface area (Å²) in [4.78, 5) is 15.0. The van der Waals surface area contributed by atoms with Crippen LogP contribution in [0.4, 0.5) is 0 Å². The third kappa shape index (κ3) is 24.3. The van der Waals surface area contributed by atoms with E-state index in [-0.39, 0.29) is 6.61 Å². The van der Waals surface area contributed by atoms with Crippen molar-refractivity contribution < 1.29 is 9.90 Å². The Kier molecular flexibility index (Phi) is 27.0. The summed E-state index contributed by atoms with van der Waals surface area (Å²) in [7, 11) is 0. The summed E-state index contributed by atoms with van der Waals surface area (Å²) >= 11 is 0. The molecule has 0 atom stereocenters. The summed E-state index contributed by atoms with van der Waals surface area (Å²) in [5.41, 5.74) is 0. The summed E-state index contributed by atoms with van der Waals surface area (Å²) in [5.74, 6) is 0.326. The third-order valence-corrected chi connectivity index (χ3v) is 6.43. The van der Waals surface area contributed by atoms with Crippen molar-refractivity contribution in [2.24, 2.45) is 0 Å². The molecule has 0 radical (unpaired) electrons. The number of aliphatic hydroxyl groups excluding tert-OH is 1. The average Bonchev–Trinajstić information content (AvgIpc) is 2.82. The Morgan fingerprint density at radius 1 is 0.576 bits per heavy atom. The van der Waals surface area contributed by atoms with Gasteiger partial charge < -0.3 is 20.6 Å². The first kappa shape index (κ1) is 32.4. The Labute approximate surface area is 206 Å². The summed E-state index contributed by atoms with van der Waals surface area (Å²) in [6.07, 6.45) is 22.6. The van der Waals surface area contributed by atoms with Crippen LogP contribution in [0.15, 0.2) is 0 Å². The lowest BCUT2D eigenvalue weighted by molar-refractivity contribution is -0.131. The first-order chi connectivity index (χ1) is 16.3. The molecule has 0 saturated carbocycles. The molecule has 0 bridgehead atoms. The highest BCUT2D eigenvalue weighted by Gasteiger charge is 2.12. The number of carbonyl (C=O) groups excluding carboxylic acids is 1. The molecule has 3 N–H and O–H groups in total. The molecular weight excluding hydrogens is 410 g/mol. The summed E-state index contributed by atoms with van der Waals surface area (Å²) in [5, 5.41) is 15.4. The maximum Gasteiger partial charge on any atom is 0.223 e. The van der Waals surface area contributed by atoms with Gasteiger partial charge in [0.1, 0.15) is 0 Å². The fourth-order valence-electron chi connectivity index (χ4n) is 4.26. The molecule has 198 valence electrons. The number of nitrogens with zero attached hydrogens (tertiary/aromatic N) is 1. The normalized spacial score (nSPS) is 11.2. The van der Waals surface area contributed by atoms with Gasteiger partial charge in [-0.2, -0.15) is 0 Å². The van der Waals surface area contributed by atoms with Crippen molar-refractivity contribution in [3.63, 3.8) is 0 Å². The first-order valence-electron chi connectivity index (χ1n) is 14.6. The zero-order chi connectivity index (χ0) is 24.2. The van der Waals surface area contributed by atoms with Crippen molar-refractivity contribution in [3.05, 3.63) is 0 Å². The van der Waals surface area contributed by atoms with E-state index >= 15 is 0 Å². The second-order valence-electron chi connectivity index (χ2n) is 9.66. The van der Waals surface area contributed by atoms with Gasteiger partial charge in [0.25, 0.3) is 0 Å². The van der Waals surface area contributed by atoms with Crippen molar-refractivity contribution in [1.82, 2.24) is 15.5 Å². The maximum atomic E-state index is 12.8. The Morgan fingerprint density at radius 3 is 1.45 bits per heavy atom. The van der Waals surface area contributed by atoms with Crippen LogP contribution < -0.4 is 10.6 Å². The van der Waals surface area contributed by atoms with Crippen LogP contribution in [0.3, 0.4) is 0 Å².